The Morgan fingerprint density at radius 2 is 1.77 bits per heavy atom. The van der Waals surface area contributed by atoms with E-state index in [0.717, 1.165) is 60.5 Å². The van der Waals surface area contributed by atoms with Crippen LogP contribution >= 0.6 is 0 Å². The second-order valence-electron chi connectivity index (χ2n) is 8.34. The maximum absolute atomic E-state index is 12.6. The summed E-state index contributed by atoms with van der Waals surface area (Å²) < 4.78 is 27.6. The molecule has 35 heavy (non-hydrogen) atoms. The molecule has 1 N–H and O–H groups in total. The van der Waals surface area contributed by atoms with Crippen LogP contribution in [-0.2, 0) is 9.53 Å². The number of morpholine rings is 1. The molecule has 186 valence electrons. The van der Waals surface area contributed by atoms with Crippen LogP contribution < -0.4 is 19.5 Å². The summed E-state index contributed by atoms with van der Waals surface area (Å²) in [5.41, 5.74) is 4.16. The van der Waals surface area contributed by atoms with Crippen LogP contribution in [0.25, 0.3) is 27.7 Å². The van der Waals surface area contributed by atoms with Crippen molar-refractivity contribution in [1.82, 2.24) is 10.2 Å². The van der Waals surface area contributed by atoms with Crippen molar-refractivity contribution in [2.45, 2.75) is 6.92 Å². The number of benzene rings is 2. The summed E-state index contributed by atoms with van der Waals surface area (Å²) in [6.07, 6.45) is 3.33. The van der Waals surface area contributed by atoms with Gasteiger partial charge >= 0.3 is 0 Å². The molecule has 3 aromatic rings. The van der Waals surface area contributed by atoms with Crippen LogP contribution in [0.3, 0.4) is 0 Å². The van der Waals surface area contributed by atoms with Crippen LogP contribution in [0.2, 0.25) is 0 Å². The van der Waals surface area contributed by atoms with Gasteiger partial charge in [-0.25, -0.2) is 0 Å². The Morgan fingerprint density at radius 1 is 1.03 bits per heavy atom. The topological polar surface area (TPSA) is 82.4 Å². The molecule has 0 aliphatic carbocycles. The zero-order valence-corrected chi connectivity index (χ0v) is 20.7. The molecule has 0 radical (unpaired) electrons. The number of methoxy groups -OCH3 is 3. The van der Waals surface area contributed by atoms with E-state index in [4.69, 9.17) is 23.4 Å². The Balaban J connectivity index is 1.57. The maximum Gasteiger partial charge on any atom is 0.244 e. The standard InChI is InChI=1S/C27H32N2O6/c1-18(13-27(30)28-7-8-29-9-11-34-12-10-29)20-15-21-22(17-35-25(21)16-24(20)32-3)19-5-6-23(31-2)26(14-19)33-4/h5-6,13-17H,7-12H2,1-4H3,(H,28,30)/b18-13+. The molecule has 2 aromatic carbocycles. The molecule has 0 atom stereocenters. The average molecular weight is 481 g/mol. The number of rotatable bonds is 9. The summed E-state index contributed by atoms with van der Waals surface area (Å²) in [4.78, 5) is 14.9. The fourth-order valence-electron chi connectivity index (χ4n) is 4.25. The lowest BCUT2D eigenvalue weighted by Gasteiger charge is -2.26. The van der Waals surface area contributed by atoms with Gasteiger partial charge < -0.3 is 28.7 Å². The first-order chi connectivity index (χ1) is 17.0. The summed E-state index contributed by atoms with van der Waals surface area (Å²) in [5, 5.41) is 3.89. The minimum Gasteiger partial charge on any atom is -0.496 e. The number of nitrogens with zero attached hydrogens (tertiary/aromatic N) is 1. The van der Waals surface area contributed by atoms with Crippen LogP contribution in [0.4, 0.5) is 0 Å². The molecular weight excluding hydrogens is 448 g/mol. The number of hydrogen-bond donors (Lipinski definition) is 1. The van der Waals surface area contributed by atoms with Gasteiger partial charge in [0.1, 0.15) is 11.3 Å². The Kier molecular flexibility index (Phi) is 7.94. The minimum atomic E-state index is -0.134. The molecule has 1 saturated heterocycles. The maximum atomic E-state index is 12.6. The lowest BCUT2D eigenvalue weighted by Crippen LogP contribution is -2.41. The van der Waals surface area contributed by atoms with Crippen LogP contribution in [0.1, 0.15) is 12.5 Å². The van der Waals surface area contributed by atoms with E-state index in [0.29, 0.717) is 29.4 Å². The monoisotopic (exact) mass is 480 g/mol. The van der Waals surface area contributed by atoms with E-state index in [1.54, 1.807) is 33.7 Å². The summed E-state index contributed by atoms with van der Waals surface area (Å²) in [5.74, 6) is 1.80. The zero-order valence-electron chi connectivity index (χ0n) is 20.7. The largest absolute Gasteiger partial charge is 0.496 e. The van der Waals surface area contributed by atoms with Crippen LogP contribution in [0.15, 0.2) is 47.1 Å². The number of furan rings is 1. The van der Waals surface area contributed by atoms with E-state index in [1.165, 1.54) is 0 Å². The molecule has 1 fully saturated rings. The van der Waals surface area contributed by atoms with E-state index >= 15 is 0 Å². The molecule has 0 bridgehead atoms. The Labute approximate surface area is 205 Å². The number of carbonyl (C=O) groups is 1. The summed E-state index contributed by atoms with van der Waals surface area (Å²) in [6.45, 7) is 6.58. The quantitative estimate of drug-likeness (QED) is 0.464. The van der Waals surface area contributed by atoms with Gasteiger partial charge in [-0.15, -0.1) is 0 Å². The van der Waals surface area contributed by atoms with Crippen molar-refractivity contribution in [3.8, 4) is 28.4 Å². The predicted octanol–water partition coefficient (Wildman–Crippen LogP) is 3.98. The molecule has 0 unspecified atom stereocenters. The van der Waals surface area contributed by atoms with Gasteiger partial charge in [-0.3, -0.25) is 9.69 Å². The third kappa shape index (κ3) is 5.61. The van der Waals surface area contributed by atoms with Crippen LogP contribution in [0, 0.1) is 0 Å². The van der Waals surface area contributed by atoms with Crippen molar-refractivity contribution in [3.63, 3.8) is 0 Å². The second kappa shape index (κ2) is 11.3. The van der Waals surface area contributed by atoms with Gasteiger partial charge in [0.25, 0.3) is 0 Å². The van der Waals surface area contributed by atoms with E-state index in [1.807, 2.05) is 37.3 Å². The molecule has 1 amide bonds. The number of nitrogens with one attached hydrogen (secondary N) is 1. The van der Waals surface area contributed by atoms with Crippen molar-refractivity contribution in [3.05, 3.63) is 48.2 Å². The number of allylic oxidation sites excluding steroid dienone is 1. The molecule has 1 aromatic heterocycles. The number of hydrogen-bond acceptors (Lipinski definition) is 7. The number of ether oxygens (including phenoxy) is 4. The van der Waals surface area contributed by atoms with Crippen molar-refractivity contribution in [1.29, 1.82) is 0 Å². The molecule has 8 heteroatoms. The van der Waals surface area contributed by atoms with Crippen molar-refractivity contribution in [2.75, 3.05) is 60.7 Å². The highest BCUT2D eigenvalue weighted by Gasteiger charge is 2.16. The first-order valence-corrected chi connectivity index (χ1v) is 11.6. The summed E-state index contributed by atoms with van der Waals surface area (Å²) in [6, 6.07) is 9.58. The fraction of sp³-hybridized carbons (Fsp3) is 0.370. The molecule has 4 rings (SSSR count). The third-order valence-electron chi connectivity index (χ3n) is 6.19. The Bertz CT molecular complexity index is 1210. The van der Waals surface area contributed by atoms with Gasteiger partial charge in [0.15, 0.2) is 11.5 Å². The van der Waals surface area contributed by atoms with Crippen molar-refractivity contribution >= 4 is 22.4 Å². The smallest absolute Gasteiger partial charge is 0.244 e. The van der Waals surface area contributed by atoms with Crippen LogP contribution in [0.5, 0.6) is 17.2 Å². The SMILES string of the molecule is COc1ccc(-c2coc3cc(OC)c(/C(C)=C/C(=O)NCCN4CCOCC4)cc23)cc1OC. The molecular formula is C27H32N2O6. The second-order valence-corrected chi connectivity index (χ2v) is 8.34. The zero-order chi connectivity index (χ0) is 24.8. The van der Waals surface area contributed by atoms with Crippen molar-refractivity contribution < 1.29 is 28.2 Å². The van der Waals surface area contributed by atoms with Gasteiger partial charge in [0.2, 0.25) is 5.91 Å². The molecule has 1 aliphatic rings. The molecule has 1 aliphatic heterocycles. The van der Waals surface area contributed by atoms with Crippen LogP contribution in [-0.4, -0.2) is 71.5 Å². The van der Waals surface area contributed by atoms with Gasteiger partial charge in [0, 0.05) is 54.8 Å². The van der Waals surface area contributed by atoms with E-state index in [9.17, 15) is 4.79 Å². The fourth-order valence-corrected chi connectivity index (χ4v) is 4.25. The Morgan fingerprint density at radius 3 is 2.49 bits per heavy atom. The highest BCUT2D eigenvalue weighted by molar-refractivity contribution is 6.00. The average Bonchev–Trinajstić information content (AvgIpc) is 3.30. The molecule has 8 nitrogen and oxygen atoms in total. The van der Waals surface area contributed by atoms with E-state index < -0.39 is 0 Å². The van der Waals surface area contributed by atoms with Gasteiger partial charge in [-0.2, -0.15) is 0 Å². The van der Waals surface area contributed by atoms with Gasteiger partial charge in [-0.1, -0.05) is 6.07 Å². The van der Waals surface area contributed by atoms with E-state index in [2.05, 4.69) is 10.2 Å². The summed E-state index contributed by atoms with van der Waals surface area (Å²) in [7, 11) is 4.83. The number of fused-ring (bicyclic) bond motifs is 1. The first-order valence-electron chi connectivity index (χ1n) is 11.6. The van der Waals surface area contributed by atoms with Crippen molar-refractivity contribution in [2.24, 2.45) is 0 Å². The lowest BCUT2D eigenvalue weighted by atomic mass is 9.99. The lowest BCUT2D eigenvalue weighted by molar-refractivity contribution is -0.116. The Hall–Kier alpha value is -3.49. The molecule has 2 heterocycles. The van der Waals surface area contributed by atoms with Gasteiger partial charge in [-0.05, 0) is 36.3 Å². The first kappa shape index (κ1) is 24.6. The minimum absolute atomic E-state index is 0.134. The normalized spacial score (nSPS) is 14.7. The molecule has 0 saturated carbocycles. The molecule has 0 spiro atoms. The third-order valence-corrected chi connectivity index (χ3v) is 6.19. The summed E-state index contributed by atoms with van der Waals surface area (Å²) >= 11 is 0. The van der Waals surface area contributed by atoms with Gasteiger partial charge in [0.05, 0.1) is 40.8 Å². The highest BCUT2D eigenvalue weighted by atomic mass is 16.5. The van der Waals surface area contributed by atoms with E-state index in [-0.39, 0.29) is 5.91 Å². The highest BCUT2D eigenvalue weighted by Crippen LogP contribution is 2.39. The number of carbonyl (C=O) groups excluding carboxylic acids is 1. The predicted molar refractivity (Wildman–Crippen MR) is 135 cm³/mol. The number of amides is 1.